The van der Waals surface area contributed by atoms with Crippen LogP contribution in [0.15, 0.2) is 60.1 Å². The molecule has 0 saturated heterocycles. The summed E-state index contributed by atoms with van der Waals surface area (Å²) in [5, 5.41) is 10.7. The molecule has 6 heteroatoms. The van der Waals surface area contributed by atoms with Gasteiger partial charge in [-0.25, -0.2) is 0 Å². The predicted octanol–water partition coefficient (Wildman–Crippen LogP) is 3.37. The van der Waals surface area contributed by atoms with Crippen LogP contribution in [-0.4, -0.2) is 16.1 Å². The van der Waals surface area contributed by atoms with Crippen molar-refractivity contribution in [3.63, 3.8) is 0 Å². The van der Waals surface area contributed by atoms with E-state index in [-0.39, 0.29) is 5.91 Å². The molecule has 0 fully saturated rings. The summed E-state index contributed by atoms with van der Waals surface area (Å²) in [4.78, 5) is 12.3. The van der Waals surface area contributed by atoms with Gasteiger partial charge in [-0.2, -0.15) is 0 Å². The summed E-state index contributed by atoms with van der Waals surface area (Å²) in [6, 6.07) is 16.8. The highest BCUT2D eigenvalue weighted by Crippen LogP contribution is 2.17. The van der Waals surface area contributed by atoms with E-state index in [4.69, 9.17) is 4.74 Å². The van der Waals surface area contributed by atoms with Crippen LogP contribution < -0.4 is 10.1 Å². The van der Waals surface area contributed by atoms with Crippen molar-refractivity contribution < 1.29 is 9.53 Å². The van der Waals surface area contributed by atoms with Gasteiger partial charge in [0.2, 0.25) is 5.13 Å². The highest BCUT2D eigenvalue weighted by molar-refractivity contribution is 7.13. The van der Waals surface area contributed by atoms with Crippen LogP contribution in [0.5, 0.6) is 5.75 Å². The number of anilines is 1. The van der Waals surface area contributed by atoms with E-state index in [1.54, 1.807) is 11.6 Å². The molecule has 1 amide bonds. The smallest absolute Gasteiger partial charge is 0.257 e. The highest BCUT2D eigenvalue weighted by atomic mass is 32.1. The number of ether oxygens (including phenoxy) is 1. The topological polar surface area (TPSA) is 64.1 Å². The Labute approximate surface area is 131 Å². The molecule has 0 unspecified atom stereocenters. The number of benzene rings is 2. The SMILES string of the molecule is O=C(Nc1nncs1)c1ccccc1COc1ccccc1. The number of rotatable bonds is 5. The first-order valence-electron chi connectivity index (χ1n) is 6.66. The first-order valence-corrected chi connectivity index (χ1v) is 7.54. The molecule has 0 aliphatic rings. The molecule has 3 aromatic rings. The number of hydrogen-bond donors (Lipinski definition) is 1. The zero-order chi connectivity index (χ0) is 15.2. The van der Waals surface area contributed by atoms with Crippen LogP contribution in [0.2, 0.25) is 0 Å². The second-order valence-electron chi connectivity index (χ2n) is 4.46. The van der Waals surface area contributed by atoms with Gasteiger partial charge in [-0.3, -0.25) is 10.1 Å². The van der Waals surface area contributed by atoms with Gasteiger partial charge in [0.15, 0.2) is 0 Å². The number of nitrogens with zero attached hydrogens (tertiary/aromatic N) is 2. The normalized spacial score (nSPS) is 10.2. The number of carbonyl (C=O) groups is 1. The lowest BCUT2D eigenvalue weighted by molar-refractivity contribution is 0.102. The zero-order valence-corrected chi connectivity index (χ0v) is 12.4. The number of carbonyl (C=O) groups excluding carboxylic acids is 1. The van der Waals surface area contributed by atoms with Gasteiger partial charge in [0.05, 0.1) is 0 Å². The Morgan fingerprint density at radius 2 is 1.86 bits per heavy atom. The fourth-order valence-electron chi connectivity index (χ4n) is 1.94. The average Bonchev–Trinajstić information content (AvgIpc) is 3.07. The van der Waals surface area contributed by atoms with Gasteiger partial charge in [-0.1, -0.05) is 47.7 Å². The standard InChI is InChI=1S/C16H13N3O2S/c20-15(18-16-19-17-11-22-16)14-9-5-4-6-12(14)10-21-13-7-2-1-3-8-13/h1-9,11H,10H2,(H,18,19,20). The fraction of sp³-hybridized carbons (Fsp3) is 0.0625. The van der Waals surface area contributed by atoms with Gasteiger partial charge in [0, 0.05) is 11.1 Å². The third-order valence-corrected chi connectivity index (χ3v) is 3.59. The van der Waals surface area contributed by atoms with Crippen molar-refractivity contribution in [3.05, 3.63) is 71.2 Å². The minimum Gasteiger partial charge on any atom is -0.489 e. The minimum atomic E-state index is -0.219. The molecule has 1 heterocycles. The third-order valence-electron chi connectivity index (χ3n) is 2.98. The summed E-state index contributed by atoms with van der Waals surface area (Å²) in [6.45, 7) is 0.323. The second-order valence-corrected chi connectivity index (χ2v) is 5.29. The van der Waals surface area contributed by atoms with E-state index in [2.05, 4.69) is 15.5 Å². The van der Waals surface area contributed by atoms with Crippen molar-refractivity contribution in [2.45, 2.75) is 6.61 Å². The van der Waals surface area contributed by atoms with Gasteiger partial charge in [0.1, 0.15) is 17.9 Å². The van der Waals surface area contributed by atoms with Crippen LogP contribution in [0.3, 0.4) is 0 Å². The molecular weight excluding hydrogens is 298 g/mol. The van der Waals surface area contributed by atoms with Gasteiger partial charge in [-0.15, -0.1) is 10.2 Å². The second kappa shape index (κ2) is 6.82. The van der Waals surface area contributed by atoms with Crippen LogP contribution in [0, 0.1) is 0 Å². The Morgan fingerprint density at radius 3 is 2.64 bits per heavy atom. The fourth-order valence-corrected chi connectivity index (χ4v) is 2.38. The van der Waals surface area contributed by atoms with Gasteiger partial charge >= 0.3 is 0 Å². The molecule has 0 bridgehead atoms. The van der Waals surface area contributed by atoms with Crippen molar-refractivity contribution in [3.8, 4) is 5.75 Å². The minimum absolute atomic E-state index is 0.219. The lowest BCUT2D eigenvalue weighted by Crippen LogP contribution is -2.15. The quantitative estimate of drug-likeness (QED) is 0.784. The molecule has 1 N–H and O–H groups in total. The summed E-state index contributed by atoms with van der Waals surface area (Å²) >= 11 is 1.28. The van der Waals surface area contributed by atoms with E-state index in [0.717, 1.165) is 11.3 Å². The predicted molar refractivity (Wildman–Crippen MR) is 85.1 cm³/mol. The number of nitrogens with one attached hydrogen (secondary N) is 1. The zero-order valence-electron chi connectivity index (χ0n) is 11.6. The Hall–Kier alpha value is -2.73. The Bertz CT molecular complexity index is 745. The van der Waals surface area contributed by atoms with E-state index >= 15 is 0 Å². The van der Waals surface area contributed by atoms with Crippen LogP contribution in [-0.2, 0) is 6.61 Å². The molecule has 2 aromatic carbocycles. The van der Waals surface area contributed by atoms with Gasteiger partial charge < -0.3 is 4.74 Å². The lowest BCUT2D eigenvalue weighted by atomic mass is 10.1. The molecule has 3 rings (SSSR count). The molecule has 0 spiro atoms. The molecule has 1 aromatic heterocycles. The van der Waals surface area contributed by atoms with Crippen LogP contribution in [0.1, 0.15) is 15.9 Å². The van der Waals surface area contributed by atoms with Crippen LogP contribution in [0.4, 0.5) is 5.13 Å². The summed E-state index contributed by atoms with van der Waals surface area (Å²) in [5.41, 5.74) is 2.95. The number of hydrogen-bond acceptors (Lipinski definition) is 5. The molecular formula is C16H13N3O2S. The number of amides is 1. The number of aromatic nitrogens is 2. The van der Waals surface area contributed by atoms with Crippen LogP contribution >= 0.6 is 11.3 Å². The van der Waals surface area contributed by atoms with Crippen molar-refractivity contribution >= 4 is 22.4 Å². The van der Waals surface area contributed by atoms with E-state index in [0.29, 0.717) is 17.3 Å². The molecule has 0 atom stereocenters. The Morgan fingerprint density at radius 1 is 1.09 bits per heavy atom. The first-order chi connectivity index (χ1) is 10.8. The van der Waals surface area contributed by atoms with Crippen LogP contribution in [0.25, 0.3) is 0 Å². The number of para-hydroxylation sites is 1. The molecule has 0 saturated carbocycles. The third kappa shape index (κ3) is 3.48. The average molecular weight is 311 g/mol. The van der Waals surface area contributed by atoms with E-state index in [1.807, 2.05) is 48.5 Å². The van der Waals surface area contributed by atoms with E-state index in [9.17, 15) is 4.79 Å². The summed E-state index contributed by atoms with van der Waals surface area (Å²) < 4.78 is 5.71. The maximum absolute atomic E-state index is 12.3. The Balaban J connectivity index is 1.73. The van der Waals surface area contributed by atoms with Crippen molar-refractivity contribution in [2.24, 2.45) is 0 Å². The molecule has 5 nitrogen and oxygen atoms in total. The molecule has 0 radical (unpaired) electrons. The maximum atomic E-state index is 12.3. The lowest BCUT2D eigenvalue weighted by Gasteiger charge is -2.10. The van der Waals surface area contributed by atoms with E-state index < -0.39 is 0 Å². The molecule has 0 aliphatic heterocycles. The highest BCUT2D eigenvalue weighted by Gasteiger charge is 2.12. The Kier molecular flexibility index (Phi) is 4.41. The summed E-state index contributed by atoms with van der Waals surface area (Å²) in [5.74, 6) is 0.547. The maximum Gasteiger partial charge on any atom is 0.257 e. The van der Waals surface area contributed by atoms with Crippen molar-refractivity contribution in [2.75, 3.05) is 5.32 Å². The van der Waals surface area contributed by atoms with Crippen molar-refractivity contribution in [1.29, 1.82) is 0 Å². The largest absolute Gasteiger partial charge is 0.489 e. The first kappa shape index (κ1) is 14.2. The van der Waals surface area contributed by atoms with Gasteiger partial charge in [0.25, 0.3) is 5.91 Å². The summed E-state index contributed by atoms with van der Waals surface area (Å²) in [6.07, 6.45) is 0. The molecule has 110 valence electrons. The van der Waals surface area contributed by atoms with Gasteiger partial charge in [-0.05, 0) is 18.2 Å². The summed E-state index contributed by atoms with van der Waals surface area (Å²) in [7, 11) is 0. The van der Waals surface area contributed by atoms with E-state index in [1.165, 1.54) is 11.3 Å². The molecule has 22 heavy (non-hydrogen) atoms. The monoisotopic (exact) mass is 311 g/mol. The van der Waals surface area contributed by atoms with Crippen molar-refractivity contribution in [1.82, 2.24) is 10.2 Å². The molecule has 0 aliphatic carbocycles.